The number of benzene rings is 3. The molecule has 0 aliphatic heterocycles. The van der Waals surface area contributed by atoms with E-state index >= 15 is 0 Å². The number of rotatable bonds is 17. The van der Waals surface area contributed by atoms with Gasteiger partial charge in [0, 0.05) is 6.07 Å². The maximum Gasteiger partial charge on any atom is 0.459 e. The van der Waals surface area contributed by atoms with Crippen LogP contribution >= 0.6 is 0 Å². The highest BCUT2D eigenvalue weighted by Gasteiger charge is 2.73. The highest BCUT2D eigenvalue weighted by atomic mass is 19.4. The summed E-state index contributed by atoms with van der Waals surface area (Å²) >= 11 is 0. The molecule has 0 radical (unpaired) electrons. The minimum Gasteiger partial charge on any atom is -0.491 e. The largest absolute Gasteiger partial charge is 0.491 e. The molecular weight excluding hydrogens is 656 g/mol. The molecule has 3 aromatic carbocycles. The molecule has 0 saturated carbocycles. The molecule has 0 bridgehead atoms. The van der Waals surface area contributed by atoms with Crippen LogP contribution in [-0.2, 0) is 9.47 Å². The molecule has 6 nitrogen and oxygen atoms in total. The zero-order valence-corrected chi connectivity index (χ0v) is 26.1. The SMILES string of the molecule is CCCCCC[C@H](C)OC(=O)c1ccc(-c2ccc(OC(=O)c3ccc(OCCOCC(F)(F)C(F)(F)C(F)(F)F)cc3F)cc2)cc1. The van der Waals surface area contributed by atoms with Gasteiger partial charge in [0.2, 0.25) is 0 Å². The molecular formula is C34H34F8O6. The first kappa shape index (κ1) is 38.2. The molecule has 0 spiro atoms. The standard InChI is InChI=1S/C34H34F8O6/c1-3-4-5-6-7-22(2)47-30(43)25-10-8-23(9-11-25)24-12-14-26(15-13-24)48-31(44)28-17-16-27(20-29(28)35)46-19-18-45-21-32(36,37)33(38,39)34(40,41)42/h8-17,20,22H,3-7,18-19,21H2,1-2H3/t22-/m0/s1. The number of unbranched alkanes of at least 4 members (excludes halogenated alkanes) is 3. The van der Waals surface area contributed by atoms with Crippen molar-refractivity contribution in [3.8, 4) is 22.6 Å². The van der Waals surface area contributed by atoms with Gasteiger partial charge in [-0.15, -0.1) is 0 Å². The molecule has 0 aromatic heterocycles. The summed E-state index contributed by atoms with van der Waals surface area (Å²) in [5.41, 5.74) is 1.45. The summed E-state index contributed by atoms with van der Waals surface area (Å²) in [4.78, 5) is 25.0. The van der Waals surface area contributed by atoms with Gasteiger partial charge in [-0.2, -0.15) is 30.7 Å². The van der Waals surface area contributed by atoms with E-state index in [1.165, 1.54) is 12.1 Å². The minimum absolute atomic E-state index is 0.0987. The minimum atomic E-state index is -6.47. The second-order valence-electron chi connectivity index (χ2n) is 10.9. The van der Waals surface area contributed by atoms with Gasteiger partial charge in [0.15, 0.2) is 0 Å². The first-order valence-corrected chi connectivity index (χ1v) is 15.0. The average molecular weight is 691 g/mol. The molecule has 0 amide bonds. The second kappa shape index (κ2) is 16.8. The number of alkyl halides is 7. The van der Waals surface area contributed by atoms with Crippen LogP contribution in [0.5, 0.6) is 11.5 Å². The van der Waals surface area contributed by atoms with Crippen LogP contribution in [0.3, 0.4) is 0 Å². The van der Waals surface area contributed by atoms with E-state index in [0.29, 0.717) is 5.56 Å². The predicted octanol–water partition coefficient (Wildman–Crippen LogP) is 9.46. The maximum absolute atomic E-state index is 14.6. The molecule has 0 unspecified atom stereocenters. The van der Waals surface area contributed by atoms with E-state index in [2.05, 4.69) is 11.7 Å². The second-order valence-corrected chi connectivity index (χ2v) is 10.9. The van der Waals surface area contributed by atoms with Crippen LogP contribution in [0, 0.1) is 5.82 Å². The zero-order chi connectivity index (χ0) is 35.5. The molecule has 0 saturated heterocycles. The van der Waals surface area contributed by atoms with Gasteiger partial charge in [0.1, 0.15) is 30.5 Å². The molecule has 0 heterocycles. The Morgan fingerprint density at radius 1 is 0.750 bits per heavy atom. The Morgan fingerprint density at radius 3 is 1.94 bits per heavy atom. The average Bonchev–Trinajstić information content (AvgIpc) is 3.02. The third-order valence-electron chi connectivity index (χ3n) is 7.05. The zero-order valence-electron chi connectivity index (χ0n) is 26.1. The predicted molar refractivity (Wildman–Crippen MR) is 159 cm³/mol. The van der Waals surface area contributed by atoms with Crippen molar-refractivity contribution in [3.05, 3.63) is 83.7 Å². The fourth-order valence-electron chi connectivity index (χ4n) is 4.31. The molecule has 262 valence electrons. The smallest absolute Gasteiger partial charge is 0.459 e. The summed E-state index contributed by atoms with van der Waals surface area (Å²) < 4.78 is 123. The highest BCUT2D eigenvalue weighted by Crippen LogP contribution is 2.46. The van der Waals surface area contributed by atoms with Gasteiger partial charge in [-0.25, -0.2) is 14.0 Å². The number of ether oxygens (including phenoxy) is 4. The monoisotopic (exact) mass is 690 g/mol. The van der Waals surface area contributed by atoms with Gasteiger partial charge in [0.25, 0.3) is 0 Å². The molecule has 3 rings (SSSR count). The molecule has 0 fully saturated rings. The Morgan fingerprint density at radius 2 is 1.35 bits per heavy atom. The highest BCUT2D eigenvalue weighted by molar-refractivity contribution is 5.92. The number of halogens is 8. The van der Waals surface area contributed by atoms with Gasteiger partial charge >= 0.3 is 30.0 Å². The lowest BCUT2D eigenvalue weighted by Crippen LogP contribution is -2.54. The van der Waals surface area contributed by atoms with Gasteiger partial charge in [-0.3, -0.25) is 0 Å². The van der Waals surface area contributed by atoms with Crippen molar-refractivity contribution in [1.29, 1.82) is 0 Å². The molecule has 14 heteroatoms. The van der Waals surface area contributed by atoms with Crippen molar-refractivity contribution >= 4 is 11.9 Å². The number of esters is 2. The number of carbonyl (C=O) groups excluding carboxylic acids is 2. The molecule has 0 N–H and O–H groups in total. The van der Waals surface area contributed by atoms with E-state index in [1.807, 2.05) is 6.92 Å². The summed E-state index contributed by atoms with van der Waals surface area (Å²) in [6.45, 7) is 0.343. The lowest BCUT2D eigenvalue weighted by Gasteiger charge is -2.27. The fraction of sp³-hybridized carbons (Fsp3) is 0.412. The van der Waals surface area contributed by atoms with Crippen LogP contribution < -0.4 is 9.47 Å². The Labute approximate surface area is 271 Å². The Hall–Kier alpha value is -4.20. The van der Waals surface area contributed by atoms with Crippen LogP contribution in [0.1, 0.15) is 66.7 Å². The normalized spacial score (nSPS) is 12.8. The van der Waals surface area contributed by atoms with Crippen LogP contribution in [0.15, 0.2) is 66.7 Å². The van der Waals surface area contributed by atoms with Crippen LogP contribution in [0.4, 0.5) is 35.1 Å². The van der Waals surface area contributed by atoms with E-state index in [1.54, 1.807) is 36.4 Å². The lowest BCUT2D eigenvalue weighted by molar-refractivity contribution is -0.361. The topological polar surface area (TPSA) is 71.1 Å². The van der Waals surface area contributed by atoms with E-state index in [-0.39, 0.29) is 17.6 Å². The molecule has 0 aliphatic carbocycles. The van der Waals surface area contributed by atoms with E-state index in [9.17, 15) is 44.7 Å². The third kappa shape index (κ3) is 10.4. The van der Waals surface area contributed by atoms with Gasteiger partial charge in [0.05, 0.1) is 23.8 Å². The van der Waals surface area contributed by atoms with Crippen molar-refractivity contribution in [2.45, 2.75) is 70.1 Å². The summed E-state index contributed by atoms with van der Waals surface area (Å²) in [5, 5.41) is 0. The molecule has 3 aromatic rings. The van der Waals surface area contributed by atoms with Crippen molar-refractivity contribution in [3.63, 3.8) is 0 Å². The summed E-state index contributed by atoms with van der Waals surface area (Å²) in [6.07, 6.45) is -1.50. The summed E-state index contributed by atoms with van der Waals surface area (Å²) in [7, 11) is 0. The Kier molecular flexibility index (Phi) is 13.4. The van der Waals surface area contributed by atoms with Crippen molar-refractivity contribution in [2.24, 2.45) is 0 Å². The van der Waals surface area contributed by atoms with Crippen LogP contribution in [0.25, 0.3) is 11.1 Å². The van der Waals surface area contributed by atoms with Crippen molar-refractivity contribution < 1.29 is 63.7 Å². The first-order chi connectivity index (χ1) is 22.6. The van der Waals surface area contributed by atoms with Crippen molar-refractivity contribution in [2.75, 3.05) is 19.8 Å². The Balaban J connectivity index is 1.48. The quantitative estimate of drug-likeness (QED) is 0.0609. The van der Waals surface area contributed by atoms with Crippen LogP contribution in [-0.4, -0.2) is 55.9 Å². The van der Waals surface area contributed by atoms with Crippen LogP contribution in [0.2, 0.25) is 0 Å². The molecule has 48 heavy (non-hydrogen) atoms. The maximum atomic E-state index is 14.6. The first-order valence-electron chi connectivity index (χ1n) is 15.0. The lowest BCUT2D eigenvalue weighted by atomic mass is 10.0. The van der Waals surface area contributed by atoms with Crippen molar-refractivity contribution in [1.82, 2.24) is 0 Å². The van der Waals surface area contributed by atoms with Gasteiger partial charge < -0.3 is 18.9 Å². The third-order valence-corrected chi connectivity index (χ3v) is 7.05. The number of carbonyl (C=O) groups is 2. The summed E-state index contributed by atoms with van der Waals surface area (Å²) in [5.74, 6) is -14.5. The fourth-order valence-corrected chi connectivity index (χ4v) is 4.31. The summed E-state index contributed by atoms with van der Waals surface area (Å²) in [6, 6.07) is 16.0. The van der Waals surface area contributed by atoms with E-state index in [4.69, 9.17) is 14.2 Å². The van der Waals surface area contributed by atoms with E-state index < -0.39 is 61.2 Å². The molecule has 0 aliphatic rings. The van der Waals surface area contributed by atoms with E-state index in [0.717, 1.165) is 61.4 Å². The van der Waals surface area contributed by atoms with Gasteiger partial charge in [-0.05, 0) is 67.3 Å². The molecule has 1 atom stereocenters. The Bertz CT molecular complexity index is 1490. The van der Waals surface area contributed by atoms with Gasteiger partial charge in [-0.1, -0.05) is 50.5 Å². The number of hydrogen-bond acceptors (Lipinski definition) is 6. The number of hydrogen-bond donors (Lipinski definition) is 0.